The summed E-state index contributed by atoms with van der Waals surface area (Å²) in [6.07, 6.45) is -0.879. The Morgan fingerprint density at radius 2 is 1.73 bits per heavy atom. The molecule has 33 heavy (non-hydrogen) atoms. The van der Waals surface area contributed by atoms with E-state index in [1.807, 2.05) is 67.5 Å². The van der Waals surface area contributed by atoms with Gasteiger partial charge in [-0.2, -0.15) is 0 Å². The van der Waals surface area contributed by atoms with Crippen molar-refractivity contribution in [2.24, 2.45) is 0 Å². The summed E-state index contributed by atoms with van der Waals surface area (Å²) in [6, 6.07) is 15.7. The molecule has 0 aliphatic heterocycles. The van der Waals surface area contributed by atoms with Gasteiger partial charge in [-0.3, -0.25) is 4.79 Å². The summed E-state index contributed by atoms with van der Waals surface area (Å²) < 4.78 is 16.7. The van der Waals surface area contributed by atoms with Crippen LogP contribution in [0.2, 0.25) is 0 Å². The fraction of sp³-hybridized carbons (Fsp3) is 0.440. The van der Waals surface area contributed by atoms with Crippen LogP contribution < -0.4 is 9.47 Å². The molecule has 0 aromatic heterocycles. The first-order valence-corrected chi connectivity index (χ1v) is 10.9. The molecule has 0 spiro atoms. The highest BCUT2D eigenvalue weighted by Crippen LogP contribution is 2.21. The Morgan fingerprint density at radius 1 is 1.03 bits per heavy atom. The molecule has 2 N–H and O–H groups in total. The number of rotatable bonds is 14. The van der Waals surface area contributed by atoms with Gasteiger partial charge in [0.1, 0.15) is 24.2 Å². The molecule has 2 rings (SSSR count). The number of carboxylic acid groups (broad SMARTS) is 1. The van der Waals surface area contributed by atoms with E-state index in [-0.39, 0.29) is 19.4 Å². The fourth-order valence-corrected chi connectivity index (χ4v) is 3.26. The van der Waals surface area contributed by atoms with Gasteiger partial charge in [-0.05, 0) is 62.7 Å². The predicted molar refractivity (Wildman–Crippen MR) is 124 cm³/mol. The van der Waals surface area contributed by atoms with Gasteiger partial charge in [0.15, 0.2) is 6.10 Å². The molecule has 0 unspecified atom stereocenters. The lowest BCUT2D eigenvalue weighted by Crippen LogP contribution is -2.35. The molecule has 180 valence electrons. The van der Waals surface area contributed by atoms with Gasteiger partial charge in [0.05, 0.1) is 7.11 Å². The second-order valence-corrected chi connectivity index (χ2v) is 8.03. The zero-order valence-electron chi connectivity index (χ0n) is 19.4. The molecule has 0 saturated carbocycles. The Balaban J connectivity index is 1.94. The lowest BCUT2D eigenvalue weighted by Gasteiger charge is -2.22. The van der Waals surface area contributed by atoms with E-state index < -0.39 is 24.1 Å². The van der Waals surface area contributed by atoms with Crippen molar-refractivity contribution in [1.82, 2.24) is 4.90 Å². The minimum atomic E-state index is -1.58. The van der Waals surface area contributed by atoms with E-state index in [0.29, 0.717) is 6.54 Å². The molecule has 8 heteroatoms. The topological polar surface area (TPSA) is 106 Å². The first-order valence-electron chi connectivity index (χ1n) is 10.9. The smallest absolute Gasteiger partial charge is 0.332 e. The lowest BCUT2D eigenvalue weighted by molar-refractivity contribution is -0.153. The summed E-state index contributed by atoms with van der Waals surface area (Å²) >= 11 is 0. The maximum atomic E-state index is 12.1. The van der Waals surface area contributed by atoms with Crippen LogP contribution in [0.25, 0.3) is 0 Å². The van der Waals surface area contributed by atoms with Gasteiger partial charge < -0.3 is 29.3 Å². The van der Waals surface area contributed by atoms with Crippen molar-refractivity contribution in [1.29, 1.82) is 0 Å². The Kier molecular flexibility index (Phi) is 10.7. The van der Waals surface area contributed by atoms with Crippen molar-refractivity contribution in [3.8, 4) is 11.5 Å². The molecule has 0 bridgehead atoms. The van der Waals surface area contributed by atoms with E-state index in [1.54, 1.807) is 7.11 Å². The number of likely N-dealkylation sites (N-methyl/N-ethyl adjacent to an activating group) is 1. The van der Waals surface area contributed by atoms with Crippen LogP contribution in [0.3, 0.4) is 0 Å². The minimum absolute atomic E-state index is 0.158. The van der Waals surface area contributed by atoms with Crippen molar-refractivity contribution in [2.75, 3.05) is 34.4 Å². The molecule has 0 amide bonds. The number of carbonyl (C=O) groups excluding carboxylic acids is 1. The number of aliphatic hydroxyl groups excluding tert-OH is 1. The van der Waals surface area contributed by atoms with Gasteiger partial charge in [-0.1, -0.05) is 30.3 Å². The van der Waals surface area contributed by atoms with Crippen LogP contribution in [0.15, 0.2) is 48.5 Å². The Labute approximate surface area is 194 Å². The molecule has 2 aromatic carbocycles. The number of carboxylic acids is 1. The number of nitrogens with zero attached hydrogens (tertiary/aromatic N) is 1. The van der Waals surface area contributed by atoms with Gasteiger partial charge in [-0.15, -0.1) is 0 Å². The maximum absolute atomic E-state index is 12.1. The number of methoxy groups -OCH3 is 1. The highest BCUT2D eigenvalue weighted by molar-refractivity contribution is 5.74. The zero-order valence-corrected chi connectivity index (χ0v) is 19.4. The molecule has 0 aliphatic carbocycles. The molecule has 0 fully saturated rings. The fourth-order valence-electron chi connectivity index (χ4n) is 3.26. The third kappa shape index (κ3) is 9.51. The Hall–Kier alpha value is -3.10. The van der Waals surface area contributed by atoms with Crippen LogP contribution >= 0.6 is 0 Å². The first-order chi connectivity index (χ1) is 15.8. The summed E-state index contributed by atoms with van der Waals surface area (Å²) in [5, 5.41) is 18.1. The molecule has 8 nitrogen and oxygen atoms in total. The number of hydrogen-bond acceptors (Lipinski definition) is 7. The first kappa shape index (κ1) is 26.2. The lowest BCUT2D eigenvalue weighted by atomic mass is 10.0. The van der Waals surface area contributed by atoms with Crippen molar-refractivity contribution in [3.63, 3.8) is 0 Å². The Morgan fingerprint density at radius 3 is 2.36 bits per heavy atom. The van der Waals surface area contributed by atoms with Gasteiger partial charge in [-0.25, -0.2) is 4.79 Å². The maximum Gasteiger partial charge on any atom is 0.332 e. The van der Waals surface area contributed by atoms with Crippen molar-refractivity contribution in [2.45, 2.75) is 37.9 Å². The van der Waals surface area contributed by atoms with E-state index >= 15 is 0 Å². The van der Waals surface area contributed by atoms with Gasteiger partial charge in [0, 0.05) is 13.0 Å². The number of benzene rings is 2. The summed E-state index contributed by atoms with van der Waals surface area (Å²) in [7, 11) is 5.36. The van der Waals surface area contributed by atoms with Crippen LogP contribution in [0.5, 0.6) is 11.5 Å². The standard InChI is InChI=1S/C25H33NO7/c1-26(2)16-21(33-24(28)15-14-22(27)25(29)30)17-32-23-7-5-4-6-19(23)11-8-18-9-12-20(31-3)13-10-18/h4-7,9-10,12-13,21-22,27H,8,11,14-17H2,1-3H3,(H,29,30)/t21-,22+/m0/s1. The highest BCUT2D eigenvalue weighted by atomic mass is 16.6. The molecule has 2 atom stereocenters. The van der Waals surface area contributed by atoms with E-state index in [0.717, 1.165) is 29.9 Å². The summed E-state index contributed by atoms with van der Waals surface area (Å²) in [4.78, 5) is 24.7. The summed E-state index contributed by atoms with van der Waals surface area (Å²) in [5.74, 6) is -0.380. The minimum Gasteiger partial charge on any atom is -0.497 e. The van der Waals surface area contributed by atoms with Crippen molar-refractivity contribution in [3.05, 3.63) is 59.7 Å². The molecule has 0 heterocycles. The van der Waals surface area contributed by atoms with E-state index in [1.165, 1.54) is 5.56 Å². The number of ether oxygens (including phenoxy) is 3. The van der Waals surface area contributed by atoms with Crippen molar-refractivity contribution < 1.29 is 34.0 Å². The normalized spacial score (nSPS) is 12.8. The monoisotopic (exact) mass is 459 g/mol. The summed E-state index contributed by atoms with van der Waals surface area (Å²) in [6.45, 7) is 0.603. The second kappa shape index (κ2) is 13.4. The molecular formula is C25H33NO7. The Bertz CT molecular complexity index is 883. The van der Waals surface area contributed by atoms with Crippen molar-refractivity contribution >= 4 is 11.9 Å². The number of para-hydroxylation sites is 1. The molecule has 2 aromatic rings. The van der Waals surface area contributed by atoms with Gasteiger partial charge in [0.2, 0.25) is 0 Å². The largest absolute Gasteiger partial charge is 0.497 e. The number of aryl methyl sites for hydroxylation is 2. The zero-order chi connectivity index (χ0) is 24.2. The highest BCUT2D eigenvalue weighted by Gasteiger charge is 2.20. The van der Waals surface area contributed by atoms with E-state index in [2.05, 4.69) is 0 Å². The summed E-state index contributed by atoms with van der Waals surface area (Å²) in [5.41, 5.74) is 2.24. The van der Waals surface area contributed by atoms with Crippen LogP contribution in [0.4, 0.5) is 0 Å². The molecule has 0 radical (unpaired) electrons. The number of carbonyl (C=O) groups is 2. The third-order valence-corrected chi connectivity index (χ3v) is 5.01. The van der Waals surface area contributed by atoms with E-state index in [4.69, 9.17) is 19.3 Å². The van der Waals surface area contributed by atoms with Crippen LogP contribution in [0, 0.1) is 0 Å². The van der Waals surface area contributed by atoms with Crippen LogP contribution in [-0.4, -0.2) is 73.6 Å². The average Bonchev–Trinajstić information content (AvgIpc) is 2.80. The van der Waals surface area contributed by atoms with Gasteiger partial charge in [0.25, 0.3) is 0 Å². The SMILES string of the molecule is COc1ccc(CCc2ccccc2OC[C@H](CN(C)C)OC(=O)CC[C@@H](O)C(=O)O)cc1. The predicted octanol–water partition coefficient (Wildman–Crippen LogP) is 2.56. The number of esters is 1. The number of hydrogen-bond donors (Lipinski definition) is 2. The van der Waals surface area contributed by atoms with Crippen LogP contribution in [0.1, 0.15) is 24.0 Å². The van der Waals surface area contributed by atoms with Gasteiger partial charge >= 0.3 is 11.9 Å². The molecule has 0 aliphatic rings. The number of aliphatic hydroxyl groups is 1. The number of aliphatic carboxylic acids is 1. The quantitative estimate of drug-likeness (QED) is 0.415. The second-order valence-electron chi connectivity index (χ2n) is 8.03. The van der Waals surface area contributed by atoms with E-state index in [9.17, 15) is 14.7 Å². The molecule has 0 saturated heterocycles. The van der Waals surface area contributed by atoms with Crippen LogP contribution in [-0.2, 0) is 27.2 Å². The molecular weight excluding hydrogens is 426 g/mol. The third-order valence-electron chi connectivity index (χ3n) is 5.01. The average molecular weight is 460 g/mol.